The number of nitrogens with zero attached hydrogens (tertiary/aromatic N) is 2. The van der Waals surface area contributed by atoms with Crippen molar-refractivity contribution in [2.75, 3.05) is 6.61 Å². The monoisotopic (exact) mass is 198 g/mol. The van der Waals surface area contributed by atoms with Gasteiger partial charge in [0.1, 0.15) is 6.54 Å². The highest BCUT2D eigenvalue weighted by Crippen LogP contribution is 2.00. The molecule has 1 heterocycles. The van der Waals surface area contributed by atoms with Gasteiger partial charge in [0, 0.05) is 5.18 Å². The minimum absolute atomic E-state index is 0.244. The van der Waals surface area contributed by atoms with Crippen LogP contribution >= 0.6 is 0 Å². The number of nitroso groups, excluding NO2 is 1. The number of imidazole rings is 1. The lowest BCUT2D eigenvalue weighted by molar-refractivity contribution is -0.694. The molecule has 0 aliphatic rings. The lowest BCUT2D eigenvalue weighted by Gasteiger charge is -1.98. The Morgan fingerprint density at radius 1 is 1.71 bits per heavy atom. The van der Waals surface area contributed by atoms with E-state index in [-0.39, 0.29) is 18.2 Å². The Labute approximate surface area is 80.9 Å². The lowest BCUT2D eigenvalue weighted by Crippen LogP contribution is -2.32. The van der Waals surface area contributed by atoms with Gasteiger partial charge in [-0.25, -0.2) is 9.55 Å². The van der Waals surface area contributed by atoms with Crippen molar-refractivity contribution in [3.63, 3.8) is 0 Å². The molecule has 0 amide bonds. The molecule has 14 heavy (non-hydrogen) atoms. The van der Waals surface area contributed by atoms with E-state index >= 15 is 0 Å². The number of aryl methyl sites for hydroxylation is 1. The van der Waals surface area contributed by atoms with E-state index in [1.54, 1.807) is 17.8 Å². The number of hydrogen-bond acceptors (Lipinski definition) is 4. The fraction of sp³-hybridized carbons (Fsp3) is 0.500. The zero-order valence-electron chi connectivity index (χ0n) is 7.90. The van der Waals surface area contributed by atoms with Gasteiger partial charge in [0.25, 0.3) is 5.82 Å². The predicted molar refractivity (Wildman–Crippen MR) is 47.7 cm³/mol. The van der Waals surface area contributed by atoms with Crippen LogP contribution in [0.25, 0.3) is 0 Å². The second-order valence-corrected chi connectivity index (χ2v) is 2.67. The highest BCUT2D eigenvalue weighted by molar-refractivity contribution is 5.68. The number of carbonyl (C=O) groups excluding carboxylic acids is 1. The molecule has 0 unspecified atom stereocenters. The molecule has 0 radical (unpaired) electrons. The zero-order chi connectivity index (χ0) is 10.4. The quantitative estimate of drug-likeness (QED) is 0.429. The summed E-state index contributed by atoms with van der Waals surface area (Å²) in [5, 5.41) is 2.71. The molecule has 0 atom stereocenters. The van der Waals surface area contributed by atoms with Gasteiger partial charge in [-0.3, -0.25) is 4.79 Å². The van der Waals surface area contributed by atoms with E-state index in [9.17, 15) is 9.70 Å². The van der Waals surface area contributed by atoms with Crippen molar-refractivity contribution in [3.05, 3.63) is 17.4 Å². The molecule has 0 aliphatic carbocycles. The van der Waals surface area contributed by atoms with Gasteiger partial charge in [-0.2, -0.15) is 0 Å². The van der Waals surface area contributed by atoms with Crippen LogP contribution in [0.2, 0.25) is 0 Å². The van der Waals surface area contributed by atoms with Crippen molar-refractivity contribution in [1.29, 1.82) is 0 Å². The molecule has 76 valence electrons. The second-order valence-electron chi connectivity index (χ2n) is 2.67. The average molecular weight is 198 g/mol. The van der Waals surface area contributed by atoms with E-state index < -0.39 is 0 Å². The molecule has 0 saturated heterocycles. The van der Waals surface area contributed by atoms with Crippen LogP contribution in [0.4, 0.5) is 5.82 Å². The molecule has 1 N–H and O–H groups in total. The Kier molecular flexibility index (Phi) is 3.78. The predicted octanol–water partition coefficient (Wildman–Crippen LogP) is 0.653. The van der Waals surface area contributed by atoms with E-state index in [2.05, 4.69) is 10.2 Å². The van der Waals surface area contributed by atoms with Gasteiger partial charge in [0.2, 0.25) is 6.33 Å². The number of aromatic amines is 1. The van der Waals surface area contributed by atoms with E-state index in [1.807, 2.05) is 0 Å². The summed E-state index contributed by atoms with van der Waals surface area (Å²) < 4.78 is 6.42. The molecule has 0 bridgehead atoms. The summed E-state index contributed by atoms with van der Waals surface area (Å²) in [5.74, 6) is -0.00401. The van der Waals surface area contributed by atoms with Crippen molar-refractivity contribution in [2.24, 2.45) is 5.18 Å². The fourth-order valence-corrected chi connectivity index (χ4v) is 1.01. The summed E-state index contributed by atoms with van der Waals surface area (Å²) in [6.07, 6.45) is 3.40. The van der Waals surface area contributed by atoms with E-state index in [4.69, 9.17) is 4.74 Å². The highest BCUT2D eigenvalue weighted by atomic mass is 16.5. The molecule has 0 saturated carbocycles. The molecule has 1 rings (SSSR count). The van der Waals surface area contributed by atoms with Crippen molar-refractivity contribution < 1.29 is 14.1 Å². The van der Waals surface area contributed by atoms with E-state index in [1.165, 1.54) is 6.20 Å². The standard InChI is InChI=1S/C8H11N3O3/c1-2-14-8(12)3-4-11-5-7(10-13)9-6-11/h5-6H,2-4H2,1H3/p+1. The smallest absolute Gasteiger partial charge is 0.309 e. The summed E-state index contributed by atoms with van der Waals surface area (Å²) in [6.45, 7) is 2.62. The Hall–Kier alpha value is -1.72. The van der Waals surface area contributed by atoms with Crippen LogP contribution in [0.1, 0.15) is 13.3 Å². The molecular formula is C8H12N3O3+. The van der Waals surface area contributed by atoms with Gasteiger partial charge in [-0.1, -0.05) is 0 Å². The zero-order valence-corrected chi connectivity index (χ0v) is 7.90. The van der Waals surface area contributed by atoms with Crippen molar-refractivity contribution >= 4 is 11.8 Å². The fourth-order valence-electron chi connectivity index (χ4n) is 1.01. The number of nitrogens with one attached hydrogen (secondary N) is 1. The normalized spacial score (nSPS) is 9.79. The van der Waals surface area contributed by atoms with Crippen molar-refractivity contribution in [1.82, 2.24) is 4.98 Å². The molecule has 0 aliphatic heterocycles. The van der Waals surface area contributed by atoms with Gasteiger partial charge in [0.15, 0.2) is 6.20 Å². The minimum atomic E-state index is -0.248. The van der Waals surface area contributed by atoms with Gasteiger partial charge >= 0.3 is 5.97 Å². The van der Waals surface area contributed by atoms with E-state index in [0.29, 0.717) is 13.2 Å². The molecule has 0 aromatic carbocycles. The Balaban J connectivity index is 2.37. The topological polar surface area (TPSA) is 75.4 Å². The molecule has 6 nitrogen and oxygen atoms in total. The van der Waals surface area contributed by atoms with Crippen molar-refractivity contribution in [2.45, 2.75) is 19.9 Å². The van der Waals surface area contributed by atoms with Gasteiger partial charge in [-0.05, 0) is 6.92 Å². The van der Waals surface area contributed by atoms with Crippen LogP contribution in [0.15, 0.2) is 17.7 Å². The Bertz CT molecular complexity index is 321. The number of H-pyrrole nitrogens is 1. The second kappa shape index (κ2) is 5.11. The lowest BCUT2D eigenvalue weighted by atomic mass is 10.4. The number of hydrogen-bond donors (Lipinski definition) is 1. The molecule has 1 aromatic rings. The molecule has 0 fully saturated rings. The van der Waals surface area contributed by atoms with Crippen LogP contribution in [0, 0.1) is 4.91 Å². The Morgan fingerprint density at radius 3 is 3.07 bits per heavy atom. The van der Waals surface area contributed by atoms with Crippen LogP contribution in [-0.2, 0) is 16.1 Å². The highest BCUT2D eigenvalue weighted by Gasteiger charge is 2.08. The summed E-state index contributed by atoms with van der Waals surface area (Å²) in [6, 6.07) is 0. The van der Waals surface area contributed by atoms with Crippen LogP contribution in [-0.4, -0.2) is 17.6 Å². The number of ether oxygens (including phenoxy) is 1. The summed E-state index contributed by atoms with van der Waals surface area (Å²) >= 11 is 0. The molecule has 0 spiro atoms. The first kappa shape index (κ1) is 10.4. The average Bonchev–Trinajstić information content (AvgIpc) is 2.63. The first-order chi connectivity index (χ1) is 6.76. The third-order valence-electron chi connectivity index (χ3n) is 1.64. The number of rotatable bonds is 5. The van der Waals surface area contributed by atoms with Crippen LogP contribution in [0.3, 0.4) is 0 Å². The van der Waals surface area contributed by atoms with Gasteiger partial charge in [-0.15, -0.1) is 4.91 Å². The Morgan fingerprint density at radius 2 is 2.50 bits per heavy atom. The van der Waals surface area contributed by atoms with E-state index in [0.717, 1.165) is 0 Å². The van der Waals surface area contributed by atoms with Crippen LogP contribution in [0.5, 0.6) is 0 Å². The number of aromatic nitrogens is 2. The summed E-state index contributed by atoms with van der Waals surface area (Å²) in [5.41, 5.74) is 0. The van der Waals surface area contributed by atoms with Crippen LogP contribution < -0.4 is 4.57 Å². The maximum atomic E-state index is 11.0. The third kappa shape index (κ3) is 2.96. The molecular weight excluding hydrogens is 186 g/mol. The first-order valence-electron chi connectivity index (χ1n) is 4.32. The maximum absolute atomic E-state index is 11.0. The number of esters is 1. The molecule has 6 heteroatoms. The minimum Gasteiger partial charge on any atom is -0.466 e. The number of carbonyl (C=O) groups is 1. The largest absolute Gasteiger partial charge is 0.466 e. The summed E-state index contributed by atoms with van der Waals surface area (Å²) in [7, 11) is 0. The SMILES string of the molecule is CCOC(=O)CC[n+]1c[nH]c(N=O)c1. The van der Waals surface area contributed by atoms with Crippen molar-refractivity contribution in [3.8, 4) is 0 Å². The first-order valence-corrected chi connectivity index (χ1v) is 4.32. The summed E-state index contributed by atoms with van der Waals surface area (Å²) in [4.78, 5) is 23.7. The van der Waals surface area contributed by atoms with Gasteiger partial charge < -0.3 is 4.74 Å². The maximum Gasteiger partial charge on any atom is 0.309 e. The molecule has 1 aromatic heterocycles. The van der Waals surface area contributed by atoms with Gasteiger partial charge in [0.05, 0.1) is 13.0 Å². The third-order valence-corrected chi connectivity index (χ3v) is 1.64.